The molecule has 1 fully saturated rings. The van der Waals surface area contributed by atoms with Crippen molar-refractivity contribution in [1.29, 1.82) is 0 Å². The number of likely N-dealkylation sites (tertiary alicyclic amines) is 1. The number of hydrogen-bond donors (Lipinski definition) is 1. The Labute approximate surface area is 219 Å². The van der Waals surface area contributed by atoms with Gasteiger partial charge in [0.2, 0.25) is 0 Å². The number of aromatic amines is 1. The van der Waals surface area contributed by atoms with Gasteiger partial charge in [0, 0.05) is 24.9 Å². The minimum atomic E-state index is -0.410. The maximum atomic E-state index is 13.8. The molecule has 2 aliphatic rings. The van der Waals surface area contributed by atoms with Crippen LogP contribution in [0.5, 0.6) is 5.75 Å². The van der Waals surface area contributed by atoms with Crippen LogP contribution >= 0.6 is 0 Å². The molecule has 0 saturated carbocycles. The summed E-state index contributed by atoms with van der Waals surface area (Å²) in [5.74, 6) is 0.528. The Morgan fingerprint density at radius 1 is 0.974 bits per heavy atom. The van der Waals surface area contributed by atoms with Gasteiger partial charge in [-0.1, -0.05) is 42.5 Å². The number of nitrogens with zero attached hydrogens (tertiary/aromatic N) is 3. The maximum absolute atomic E-state index is 13.8. The third-order valence-electron chi connectivity index (χ3n) is 7.27. The topological polar surface area (TPSA) is 78.5 Å². The van der Waals surface area contributed by atoms with Crippen LogP contribution in [0.1, 0.15) is 30.0 Å². The van der Waals surface area contributed by atoms with Crippen molar-refractivity contribution in [3.63, 3.8) is 0 Å². The van der Waals surface area contributed by atoms with E-state index in [4.69, 9.17) is 4.74 Å². The highest BCUT2D eigenvalue weighted by atomic mass is 19.1. The fraction of sp³-hybridized carbons (Fsp3) is 0.233. The van der Waals surface area contributed by atoms with E-state index in [2.05, 4.69) is 28.2 Å². The third kappa shape index (κ3) is 4.77. The third-order valence-corrected chi connectivity index (χ3v) is 7.27. The number of Topliss-reactive ketones (excluding diaryl/α,β-unsaturated/α-hetero) is 1. The van der Waals surface area contributed by atoms with Crippen LogP contribution in [0.3, 0.4) is 0 Å². The van der Waals surface area contributed by atoms with Gasteiger partial charge in [0.25, 0.3) is 0 Å². The second kappa shape index (κ2) is 10.1. The summed E-state index contributed by atoms with van der Waals surface area (Å²) >= 11 is 0. The predicted octanol–water partition coefficient (Wildman–Crippen LogP) is 5.60. The zero-order valence-electron chi connectivity index (χ0n) is 20.8. The Balaban J connectivity index is 1.24. The van der Waals surface area contributed by atoms with Crippen molar-refractivity contribution in [2.75, 3.05) is 19.7 Å². The van der Waals surface area contributed by atoms with Gasteiger partial charge in [-0.05, 0) is 46.5 Å². The molecule has 0 bridgehead atoms. The summed E-state index contributed by atoms with van der Waals surface area (Å²) < 4.78 is 19.5. The van der Waals surface area contributed by atoms with Crippen molar-refractivity contribution in [2.24, 2.45) is 0 Å². The van der Waals surface area contributed by atoms with Crippen molar-refractivity contribution in [3.8, 4) is 28.1 Å². The molecule has 0 radical (unpaired) electrons. The van der Waals surface area contributed by atoms with E-state index in [0.717, 1.165) is 39.3 Å². The summed E-state index contributed by atoms with van der Waals surface area (Å²) in [6.45, 7) is 1.55. The number of aromatic nitrogens is 2. The Morgan fingerprint density at radius 3 is 2.50 bits per heavy atom. The molecule has 1 aromatic heterocycles. The number of fused-ring (bicyclic) bond motifs is 1. The average Bonchev–Trinajstić information content (AvgIpc) is 3.40. The number of rotatable bonds is 3. The highest BCUT2D eigenvalue weighted by Gasteiger charge is 2.35. The zero-order valence-corrected chi connectivity index (χ0v) is 20.8. The predicted molar refractivity (Wildman–Crippen MR) is 141 cm³/mol. The number of urea groups is 1. The number of nitrogens with one attached hydrogen (secondary N) is 1. The second-order valence-corrected chi connectivity index (χ2v) is 9.67. The normalized spacial score (nSPS) is 17.5. The van der Waals surface area contributed by atoms with Crippen LogP contribution in [0.2, 0.25) is 0 Å². The molecular weight excluding hydrogens is 483 g/mol. The van der Waals surface area contributed by atoms with Gasteiger partial charge in [0.05, 0.1) is 37.3 Å². The number of carbonyl (C=O) groups excluding carboxylic acids is 2. The first-order chi connectivity index (χ1) is 18.5. The van der Waals surface area contributed by atoms with E-state index in [0.29, 0.717) is 32.7 Å². The van der Waals surface area contributed by atoms with Crippen molar-refractivity contribution >= 4 is 11.8 Å². The molecule has 1 N–H and O–H groups in total. The lowest BCUT2D eigenvalue weighted by atomic mass is 9.94. The van der Waals surface area contributed by atoms with Crippen LogP contribution in [0.25, 0.3) is 22.4 Å². The SMILES string of the molecule is O=C1CCN(C(=O)N2CCOc3ccc(-c4ccc(-c5cnc[nH]5)cc4)cc3C2)C(c2ccc(F)cc2)C1. The number of imidazole rings is 1. The molecule has 0 aliphatic carbocycles. The van der Waals surface area contributed by atoms with E-state index in [1.165, 1.54) is 12.1 Å². The highest BCUT2D eigenvalue weighted by molar-refractivity contribution is 5.84. The molecule has 0 spiro atoms. The highest BCUT2D eigenvalue weighted by Crippen LogP contribution is 2.34. The molecule has 3 aromatic carbocycles. The zero-order chi connectivity index (χ0) is 26.1. The first kappa shape index (κ1) is 23.9. The summed E-state index contributed by atoms with van der Waals surface area (Å²) in [5.41, 5.74) is 5.79. The molecule has 4 aromatic rings. The Bertz CT molecular complexity index is 1450. The fourth-order valence-corrected chi connectivity index (χ4v) is 5.22. The van der Waals surface area contributed by atoms with Gasteiger partial charge >= 0.3 is 6.03 Å². The van der Waals surface area contributed by atoms with Gasteiger partial charge in [-0.25, -0.2) is 14.2 Å². The molecule has 38 heavy (non-hydrogen) atoms. The van der Waals surface area contributed by atoms with Crippen LogP contribution in [0, 0.1) is 5.82 Å². The van der Waals surface area contributed by atoms with Crippen LogP contribution in [0.4, 0.5) is 9.18 Å². The monoisotopic (exact) mass is 510 g/mol. The van der Waals surface area contributed by atoms with Gasteiger partial charge in [-0.2, -0.15) is 0 Å². The standard InChI is InChI=1S/C30H27FN4O3/c31-25-8-5-22(6-9-25)28-16-26(36)11-12-35(28)30(37)34-13-14-38-29-10-7-23(15-24(29)18-34)20-1-3-21(4-2-20)27-17-32-19-33-27/h1-10,15,17,19,28H,11-14,16,18H2,(H,32,33). The minimum absolute atomic E-state index is 0.108. The minimum Gasteiger partial charge on any atom is -0.491 e. The number of piperidine rings is 1. The van der Waals surface area contributed by atoms with E-state index in [1.807, 2.05) is 24.3 Å². The molecule has 3 heterocycles. The number of benzene rings is 3. The van der Waals surface area contributed by atoms with Gasteiger partial charge in [-0.3, -0.25) is 4.79 Å². The largest absolute Gasteiger partial charge is 0.491 e. The Morgan fingerprint density at radius 2 is 1.74 bits per heavy atom. The van der Waals surface area contributed by atoms with Crippen LogP contribution in [-0.4, -0.2) is 51.3 Å². The molecule has 1 unspecified atom stereocenters. The van der Waals surface area contributed by atoms with Crippen molar-refractivity contribution in [3.05, 3.63) is 96.2 Å². The van der Waals surface area contributed by atoms with E-state index < -0.39 is 6.04 Å². The lowest BCUT2D eigenvalue weighted by Gasteiger charge is -2.38. The summed E-state index contributed by atoms with van der Waals surface area (Å²) in [6.07, 6.45) is 4.01. The van der Waals surface area contributed by atoms with Gasteiger partial charge in [-0.15, -0.1) is 0 Å². The molecule has 2 amide bonds. The molecule has 6 rings (SSSR count). The number of ether oxygens (including phenoxy) is 1. The lowest BCUT2D eigenvalue weighted by molar-refractivity contribution is -0.122. The molecule has 2 aliphatic heterocycles. The molecule has 7 nitrogen and oxygen atoms in total. The molecular formula is C30H27FN4O3. The van der Waals surface area contributed by atoms with Crippen LogP contribution in [-0.2, 0) is 11.3 Å². The second-order valence-electron chi connectivity index (χ2n) is 9.67. The van der Waals surface area contributed by atoms with Crippen molar-refractivity contribution in [1.82, 2.24) is 19.8 Å². The first-order valence-electron chi connectivity index (χ1n) is 12.7. The van der Waals surface area contributed by atoms with Gasteiger partial charge in [0.15, 0.2) is 0 Å². The molecule has 1 saturated heterocycles. The van der Waals surface area contributed by atoms with E-state index in [9.17, 15) is 14.0 Å². The quantitative estimate of drug-likeness (QED) is 0.389. The lowest BCUT2D eigenvalue weighted by Crippen LogP contribution is -2.48. The van der Waals surface area contributed by atoms with Crippen molar-refractivity contribution in [2.45, 2.75) is 25.4 Å². The number of H-pyrrole nitrogens is 1. The molecule has 1 atom stereocenters. The molecule has 8 heteroatoms. The van der Waals surface area contributed by atoms with E-state index in [1.54, 1.807) is 34.5 Å². The summed E-state index contributed by atoms with van der Waals surface area (Å²) in [4.78, 5) is 36.8. The number of carbonyl (C=O) groups is 2. The number of amides is 2. The Hall–Kier alpha value is -4.46. The van der Waals surface area contributed by atoms with Crippen LogP contribution in [0.15, 0.2) is 79.3 Å². The number of ketones is 1. The van der Waals surface area contributed by atoms with E-state index in [-0.39, 0.29) is 24.1 Å². The summed E-state index contributed by atoms with van der Waals surface area (Å²) in [5, 5.41) is 0. The van der Waals surface area contributed by atoms with Crippen LogP contribution < -0.4 is 4.74 Å². The average molecular weight is 511 g/mol. The van der Waals surface area contributed by atoms with Gasteiger partial charge in [0.1, 0.15) is 24.0 Å². The van der Waals surface area contributed by atoms with E-state index >= 15 is 0 Å². The smallest absolute Gasteiger partial charge is 0.320 e. The first-order valence-corrected chi connectivity index (χ1v) is 12.7. The van der Waals surface area contributed by atoms with Gasteiger partial charge < -0.3 is 19.5 Å². The summed E-state index contributed by atoms with van der Waals surface area (Å²) in [6, 6.07) is 19.8. The maximum Gasteiger partial charge on any atom is 0.320 e. The van der Waals surface area contributed by atoms with Crippen molar-refractivity contribution < 1.29 is 18.7 Å². The number of halogens is 1. The molecule has 192 valence electrons. The Kier molecular flexibility index (Phi) is 6.37. The summed E-state index contributed by atoms with van der Waals surface area (Å²) in [7, 11) is 0. The number of hydrogen-bond acceptors (Lipinski definition) is 4. The fourth-order valence-electron chi connectivity index (χ4n) is 5.22.